The van der Waals surface area contributed by atoms with Crippen LogP contribution in [0.2, 0.25) is 13.1 Å². The van der Waals surface area contributed by atoms with E-state index in [-0.39, 0.29) is 12.5 Å². The first-order chi connectivity index (χ1) is 12.4. The first kappa shape index (κ1) is 23.0. The number of rotatable bonds is 6. The van der Waals surface area contributed by atoms with Gasteiger partial charge in [0.2, 0.25) is 5.91 Å². The van der Waals surface area contributed by atoms with Gasteiger partial charge in [-0.3, -0.25) is 9.69 Å². The summed E-state index contributed by atoms with van der Waals surface area (Å²) in [5, 5.41) is 2.48. The van der Waals surface area contributed by atoms with E-state index in [2.05, 4.69) is 31.3 Å². The number of allylic oxidation sites excluding steroid dienone is 1. The van der Waals surface area contributed by atoms with Gasteiger partial charge in [0.05, 0.1) is 0 Å². The zero-order valence-electron chi connectivity index (χ0n) is 18.0. The van der Waals surface area contributed by atoms with Gasteiger partial charge < -0.3 is 9.64 Å². The molecule has 0 fully saturated rings. The van der Waals surface area contributed by atoms with Gasteiger partial charge in [0.15, 0.2) is 0 Å². The van der Waals surface area contributed by atoms with E-state index in [4.69, 9.17) is 4.74 Å². The van der Waals surface area contributed by atoms with Crippen LogP contribution in [0.15, 0.2) is 41.6 Å². The molecule has 2 amide bonds. The van der Waals surface area contributed by atoms with Crippen LogP contribution >= 0.6 is 0 Å². The van der Waals surface area contributed by atoms with Crippen LogP contribution in [0.4, 0.5) is 4.79 Å². The summed E-state index contributed by atoms with van der Waals surface area (Å²) in [5.74, 6) is -0.129. The summed E-state index contributed by atoms with van der Waals surface area (Å²) in [6.07, 6.45) is 1.62. The number of hydrogen-bond donors (Lipinski definition) is 0. The second kappa shape index (κ2) is 9.22. The van der Waals surface area contributed by atoms with E-state index in [1.54, 1.807) is 14.1 Å². The fourth-order valence-electron chi connectivity index (χ4n) is 2.71. The molecule has 0 saturated heterocycles. The molecular formula is C21H34N2O3Si. The van der Waals surface area contributed by atoms with Gasteiger partial charge in [-0.2, -0.15) is 0 Å². The summed E-state index contributed by atoms with van der Waals surface area (Å²) in [7, 11) is 1.41. The molecule has 1 aromatic rings. The molecule has 0 radical (unpaired) electrons. The quantitative estimate of drug-likeness (QED) is 0.700. The second-order valence-electron chi connectivity index (χ2n) is 8.43. The Morgan fingerprint density at radius 1 is 1.07 bits per heavy atom. The van der Waals surface area contributed by atoms with E-state index < -0.39 is 19.8 Å². The molecule has 0 aromatic heterocycles. The van der Waals surface area contributed by atoms with Gasteiger partial charge in [-0.15, -0.1) is 0 Å². The maximum absolute atomic E-state index is 12.8. The smallest absolute Gasteiger partial charge is 0.411 e. The van der Waals surface area contributed by atoms with Gasteiger partial charge in [-0.1, -0.05) is 59.9 Å². The number of amides is 2. The maximum Gasteiger partial charge on any atom is 0.411 e. The molecule has 150 valence electrons. The topological polar surface area (TPSA) is 49.9 Å². The van der Waals surface area contributed by atoms with E-state index in [9.17, 15) is 9.59 Å². The van der Waals surface area contributed by atoms with Gasteiger partial charge in [0.25, 0.3) is 0 Å². The van der Waals surface area contributed by atoms with Crippen LogP contribution in [0.5, 0.6) is 0 Å². The van der Waals surface area contributed by atoms with Crippen LogP contribution in [-0.4, -0.2) is 62.7 Å². The lowest BCUT2D eigenvalue weighted by molar-refractivity contribution is -0.129. The lowest BCUT2D eigenvalue weighted by atomic mass is 10.2. The minimum absolute atomic E-state index is 0.00147. The van der Waals surface area contributed by atoms with E-state index in [1.165, 1.54) is 20.2 Å². The standard InChI is InChI=1S/C21H34N2O3Si/c1-9-17(27(7,8)18-13-11-10-12-14-18)15-23(16-19(24)22(5)6)20(25)26-21(2,3)4/h9-14H,15-16H2,1-8H3/b17-9-. The monoisotopic (exact) mass is 390 g/mol. The molecule has 5 nitrogen and oxygen atoms in total. The fraction of sp³-hybridized carbons (Fsp3) is 0.524. The molecule has 27 heavy (non-hydrogen) atoms. The Morgan fingerprint density at radius 2 is 1.63 bits per heavy atom. The molecule has 0 saturated carbocycles. The van der Waals surface area contributed by atoms with Crippen molar-refractivity contribution < 1.29 is 14.3 Å². The largest absolute Gasteiger partial charge is 0.444 e. The number of carbonyl (C=O) groups excluding carboxylic acids is 2. The Balaban J connectivity index is 3.13. The van der Waals surface area contributed by atoms with Crippen molar-refractivity contribution in [1.29, 1.82) is 0 Å². The van der Waals surface area contributed by atoms with Gasteiger partial charge in [0.1, 0.15) is 20.2 Å². The summed E-state index contributed by atoms with van der Waals surface area (Å²) >= 11 is 0. The number of ether oxygens (including phenoxy) is 1. The fourth-order valence-corrected chi connectivity index (χ4v) is 5.42. The van der Waals surface area contributed by atoms with Crippen LogP contribution in [-0.2, 0) is 9.53 Å². The zero-order chi connectivity index (χ0) is 20.8. The Bertz CT molecular complexity index is 676. The van der Waals surface area contributed by atoms with Crippen LogP contribution in [0.1, 0.15) is 27.7 Å². The van der Waals surface area contributed by atoms with Crippen LogP contribution in [0.3, 0.4) is 0 Å². The Morgan fingerprint density at radius 3 is 2.07 bits per heavy atom. The average Bonchev–Trinajstić information content (AvgIpc) is 2.57. The molecular weight excluding hydrogens is 356 g/mol. The van der Waals surface area contributed by atoms with Crippen molar-refractivity contribution in [2.24, 2.45) is 0 Å². The van der Waals surface area contributed by atoms with Crippen molar-refractivity contribution in [1.82, 2.24) is 9.80 Å². The molecule has 0 aliphatic rings. The third-order valence-electron chi connectivity index (χ3n) is 4.48. The van der Waals surface area contributed by atoms with Crippen molar-refractivity contribution in [2.45, 2.75) is 46.4 Å². The van der Waals surface area contributed by atoms with Gasteiger partial charge in [0, 0.05) is 20.6 Å². The van der Waals surface area contributed by atoms with E-state index in [0.29, 0.717) is 6.54 Å². The maximum atomic E-state index is 12.8. The zero-order valence-corrected chi connectivity index (χ0v) is 19.0. The molecule has 0 aliphatic carbocycles. The first-order valence-electron chi connectivity index (χ1n) is 9.27. The third kappa shape index (κ3) is 6.86. The summed E-state index contributed by atoms with van der Waals surface area (Å²) in [6, 6.07) is 10.4. The Hall–Kier alpha value is -2.08. The van der Waals surface area contributed by atoms with E-state index in [1.807, 2.05) is 45.9 Å². The van der Waals surface area contributed by atoms with Crippen molar-refractivity contribution in [3.05, 3.63) is 41.6 Å². The molecule has 1 aromatic carbocycles. The number of hydrogen-bond acceptors (Lipinski definition) is 3. The molecule has 0 aliphatic heterocycles. The SMILES string of the molecule is C/C=C(/CN(CC(=O)N(C)C)C(=O)OC(C)(C)C)[Si](C)(C)c1ccccc1. The summed E-state index contributed by atoms with van der Waals surface area (Å²) < 4.78 is 5.55. The van der Waals surface area contributed by atoms with Crippen LogP contribution in [0.25, 0.3) is 0 Å². The van der Waals surface area contributed by atoms with Crippen molar-refractivity contribution in [2.75, 3.05) is 27.2 Å². The minimum Gasteiger partial charge on any atom is -0.444 e. The second-order valence-corrected chi connectivity index (χ2v) is 12.9. The predicted molar refractivity (Wildman–Crippen MR) is 114 cm³/mol. The highest BCUT2D eigenvalue weighted by molar-refractivity contribution is 6.95. The molecule has 6 heteroatoms. The van der Waals surface area contributed by atoms with Crippen molar-refractivity contribution >= 4 is 25.3 Å². The lowest BCUT2D eigenvalue weighted by Gasteiger charge is -2.33. The summed E-state index contributed by atoms with van der Waals surface area (Å²) in [6.45, 7) is 12.4. The Kier molecular flexibility index (Phi) is 7.84. The average molecular weight is 391 g/mol. The summed E-state index contributed by atoms with van der Waals surface area (Å²) in [4.78, 5) is 28.0. The normalized spacial score (nSPS) is 12.5. The number of nitrogens with zero attached hydrogens (tertiary/aromatic N) is 2. The highest BCUT2D eigenvalue weighted by atomic mass is 28.3. The third-order valence-corrected chi connectivity index (χ3v) is 8.31. The van der Waals surface area contributed by atoms with Crippen LogP contribution in [0, 0.1) is 0 Å². The molecule has 0 spiro atoms. The summed E-state index contributed by atoms with van der Waals surface area (Å²) in [5.41, 5.74) is -0.612. The van der Waals surface area contributed by atoms with E-state index in [0.717, 1.165) is 0 Å². The highest BCUT2D eigenvalue weighted by Crippen LogP contribution is 2.19. The van der Waals surface area contributed by atoms with Crippen molar-refractivity contribution in [3.8, 4) is 0 Å². The molecule has 0 N–H and O–H groups in total. The van der Waals surface area contributed by atoms with Gasteiger partial charge >= 0.3 is 6.09 Å². The Labute approximate surface area is 165 Å². The van der Waals surface area contributed by atoms with Gasteiger partial charge in [-0.05, 0) is 27.7 Å². The molecule has 0 unspecified atom stereocenters. The molecule has 0 heterocycles. The molecule has 0 atom stereocenters. The first-order valence-corrected chi connectivity index (χ1v) is 12.3. The van der Waals surface area contributed by atoms with Crippen molar-refractivity contribution in [3.63, 3.8) is 0 Å². The van der Waals surface area contributed by atoms with Gasteiger partial charge in [-0.25, -0.2) is 4.79 Å². The lowest BCUT2D eigenvalue weighted by Crippen LogP contribution is -2.50. The predicted octanol–water partition coefficient (Wildman–Crippen LogP) is 3.41. The molecule has 1 rings (SSSR count). The number of likely N-dealkylation sites (N-methyl/N-ethyl adjacent to an activating group) is 1. The molecule has 0 bridgehead atoms. The van der Waals surface area contributed by atoms with E-state index >= 15 is 0 Å². The van der Waals surface area contributed by atoms with Crippen LogP contribution < -0.4 is 5.19 Å². The number of benzene rings is 1. The minimum atomic E-state index is -1.97. The number of carbonyl (C=O) groups is 2. The highest BCUT2D eigenvalue weighted by Gasteiger charge is 2.32.